The maximum atomic E-state index is 12.0. The van der Waals surface area contributed by atoms with Gasteiger partial charge in [0.05, 0.1) is 29.5 Å². The van der Waals surface area contributed by atoms with Crippen LogP contribution in [0.5, 0.6) is 0 Å². The third kappa shape index (κ3) is 4.55. The number of aromatic nitrogens is 3. The number of nitrogens with one attached hydrogen (secondary N) is 2. The van der Waals surface area contributed by atoms with Crippen LogP contribution in [-0.2, 0) is 11.3 Å². The number of amides is 2. The predicted octanol–water partition coefficient (Wildman–Crippen LogP) is 2.75. The Kier molecular flexibility index (Phi) is 5.47. The van der Waals surface area contributed by atoms with Gasteiger partial charge in [0, 0.05) is 36.3 Å². The van der Waals surface area contributed by atoms with Gasteiger partial charge in [-0.05, 0) is 19.8 Å². The van der Waals surface area contributed by atoms with Gasteiger partial charge >= 0.3 is 6.03 Å². The zero-order valence-electron chi connectivity index (χ0n) is 14.0. The van der Waals surface area contributed by atoms with Crippen LogP contribution in [0.2, 0.25) is 0 Å². The number of anilines is 1. The van der Waals surface area contributed by atoms with Crippen LogP contribution >= 0.6 is 11.3 Å². The second-order valence-electron chi connectivity index (χ2n) is 6.15. The number of carbonyl (C=O) groups excluding carboxylic acids is 1. The molecule has 130 valence electrons. The molecule has 0 aliphatic carbocycles. The standard InChI is InChI=1S/C16H23N5O2S/c1-11(15-19-12(2)10-24-15)6-17-16(22)20-13-7-18-21(8-13)9-14-4-3-5-23-14/h7-8,10-11,14H,3-6,9H2,1-2H3,(H2,17,20,22)/t11-,14-/m0/s1. The van der Waals surface area contributed by atoms with E-state index < -0.39 is 0 Å². The Morgan fingerprint density at radius 3 is 3.17 bits per heavy atom. The first kappa shape index (κ1) is 16.9. The Bertz CT molecular complexity index is 678. The Balaban J connectivity index is 1.43. The van der Waals surface area contributed by atoms with Crippen molar-refractivity contribution >= 4 is 23.1 Å². The average Bonchev–Trinajstić information content (AvgIpc) is 3.28. The molecule has 2 aromatic heterocycles. The molecule has 0 bridgehead atoms. The van der Waals surface area contributed by atoms with Crippen molar-refractivity contribution in [2.75, 3.05) is 18.5 Å². The van der Waals surface area contributed by atoms with Gasteiger partial charge in [-0.15, -0.1) is 11.3 Å². The van der Waals surface area contributed by atoms with Crippen LogP contribution in [0.4, 0.5) is 10.5 Å². The zero-order valence-corrected chi connectivity index (χ0v) is 14.8. The molecule has 1 aliphatic heterocycles. The molecule has 0 saturated carbocycles. The van der Waals surface area contributed by atoms with Gasteiger partial charge in [0.15, 0.2) is 0 Å². The van der Waals surface area contributed by atoms with Crippen LogP contribution in [0.15, 0.2) is 17.8 Å². The van der Waals surface area contributed by atoms with Gasteiger partial charge in [0.2, 0.25) is 0 Å². The minimum Gasteiger partial charge on any atom is -0.376 e. The Morgan fingerprint density at radius 1 is 1.58 bits per heavy atom. The summed E-state index contributed by atoms with van der Waals surface area (Å²) in [7, 11) is 0. The normalized spacial score (nSPS) is 18.5. The molecule has 3 rings (SSSR count). The molecule has 1 fully saturated rings. The number of aryl methyl sites for hydroxylation is 1. The second-order valence-corrected chi connectivity index (χ2v) is 7.04. The second kappa shape index (κ2) is 7.76. The van der Waals surface area contributed by atoms with Gasteiger partial charge in [0.1, 0.15) is 0 Å². The lowest BCUT2D eigenvalue weighted by atomic mass is 10.2. The number of thiazole rings is 1. The number of carbonyl (C=O) groups is 1. The summed E-state index contributed by atoms with van der Waals surface area (Å²) < 4.78 is 7.40. The Hall–Kier alpha value is -1.93. The minimum atomic E-state index is -0.230. The molecule has 1 aliphatic rings. The lowest BCUT2D eigenvalue weighted by Crippen LogP contribution is -2.31. The Labute approximate surface area is 145 Å². The summed E-state index contributed by atoms with van der Waals surface area (Å²) in [4.78, 5) is 16.5. The van der Waals surface area contributed by atoms with Gasteiger partial charge in [0.25, 0.3) is 0 Å². The minimum absolute atomic E-state index is 0.191. The summed E-state index contributed by atoms with van der Waals surface area (Å²) in [6.07, 6.45) is 5.89. The monoisotopic (exact) mass is 349 g/mol. The lowest BCUT2D eigenvalue weighted by Gasteiger charge is -2.10. The highest BCUT2D eigenvalue weighted by Gasteiger charge is 2.17. The van der Waals surface area contributed by atoms with Crippen molar-refractivity contribution in [3.05, 3.63) is 28.5 Å². The molecule has 24 heavy (non-hydrogen) atoms. The van der Waals surface area contributed by atoms with E-state index in [9.17, 15) is 4.79 Å². The number of rotatable bonds is 6. The molecule has 2 N–H and O–H groups in total. The molecule has 0 unspecified atom stereocenters. The summed E-state index contributed by atoms with van der Waals surface area (Å²) in [6, 6.07) is -0.230. The van der Waals surface area contributed by atoms with Crippen molar-refractivity contribution in [2.24, 2.45) is 0 Å². The van der Waals surface area contributed by atoms with E-state index in [1.54, 1.807) is 17.5 Å². The molecule has 3 heterocycles. The zero-order chi connectivity index (χ0) is 16.9. The highest BCUT2D eigenvalue weighted by atomic mass is 32.1. The van der Waals surface area contributed by atoms with Crippen molar-refractivity contribution in [1.29, 1.82) is 0 Å². The number of ether oxygens (including phenoxy) is 1. The molecular weight excluding hydrogens is 326 g/mol. The number of hydrogen-bond acceptors (Lipinski definition) is 5. The molecule has 1 saturated heterocycles. The first-order valence-corrected chi connectivity index (χ1v) is 9.09. The third-order valence-electron chi connectivity index (χ3n) is 3.93. The predicted molar refractivity (Wildman–Crippen MR) is 93.5 cm³/mol. The fourth-order valence-electron chi connectivity index (χ4n) is 2.63. The largest absolute Gasteiger partial charge is 0.376 e. The molecular formula is C16H23N5O2S. The molecule has 8 heteroatoms. The fourth-order valence-corrected chi connectivity index (χ4v) is 3.49. The third-order valence-corrected chi connectivity index (χ3v) is 5.13. The quantitative estimate of drug-likeness (QED) is 0.840. The van der Waals surface area contributed by atoms with Crippen molar-refractivity contribution in [1.82, 2.24) is 20.1 Å². The van der Waals surface area contributed by atoms with E-state index in [1.165, 1.54) is 0 Å². The first-order chi connectivity index (χ1) is 11.6. The SMILES string of the molecule is Cc1csc([C@@H](C)CNC(=O)Nc2cnn(C[C@@H]3CCCO3)c2)n1. The van der Waals surface area contributed by atoms with Crippen LogP contribution < -0.4 is 10.6 Å². The maximum Gasteiger partial charge on any atom is 0.319 e. The van der Waals surface area contributed by atoms with E-state index in [-0.39, 0.29) is 18.1 Å². The maximum absolute atomic E-state index is 12.0. The van der Waals surface area contributed by atoms with E-state index in [2.05, 4.69) is 27.6 Å². The van der Waals surface area contributed by atoms with Crippen LogP contribution in [0, 0.1) is 6.92 Å². The van der Waals surface area contributed by atoms with Gasteiger partial charge in [-0.1, -0.05) is 6.92 Å². The first-order valence-electron chi connectivity index (χ1n) is 8.21. The van der Waals surface area contributed by atoms with Crippen LogP contribution in [0.25, 0.3) is 0 Å². The highest BCUT2D eigenvalue weighted by molar-refractivity contribution is 7.09. The van der Waals surface area contributed by atoms with Crippen molar-refractivity contribution in [2.45, 2.75) is 45.3 Å². The Morgan fingerprint density at radius 2 is 2.46 bits per heavy atom. The molecule has 0 spiro atoms. The van der Waals surface area contributed by atoms with E-state index in [0.717, 1.165) is 36.7 Å². The van der Waals surface area contributed by atoms with Gasteiger partial charge < -0.3 is 15.4 Å². The summed E-state index contributed by atoms with van der Waals surface area (Å²) in [5.74, 6) is 0.191. The lowest BCUT2D eigenvalue weighted by molar-refractivity contribution is 0.0940. The number of nitrogens with zero attached hydrogens (tertiary/aromatic N) is 3. The van der Waals surface area contributed by atoms with Crippen molar-refractivity contribution < 1.29 is 9.53 Å². The topological polar surface area (TPSA) is 81.1 Å². The van der Waals surface area contributed by atoms with E-state index in [1.807, 2.05) is 23.2 Å². The van der Waals surface area contributed by atoms with Crippen LogP contribution in [0.3, 0.4) is 0 Å². The summed E-state index contributed by atoms with van der Waals surface area (Å²) in [6.45, 7) is 6.13. The number of hydrogen-bond donors (Lipinski definition) is 2. The molecule has 2 amide bonds. The molecule has 7 nitrogen and oxygen atoms in total. The number of urea groups is 1. The summed E-state index contributed by atoms with van der Waals surface area (Å²) in [5, 5.41) is 13.0. The van der Waals surface area contributed by atoms with Crippen molar-refractivity contribution in [3.63, 3.8) is 0 Å². The molecule has 0 radical (unpaired) electrons. The summed E-state index contributed by atoms with van der Waals surface area (Å²) >= 11 is 1.62. The van der Waals surface area contributed by atoms with E-state index >= 15 is 0 Å². The molecule has 2 atom stereocenters. The van der Waals surface area contributed by atoms with Crippen LogP contribution in [-0.4, -0.2) is 40.1 Å². The average molecular weight is 349 g/mol. The van der Waals surface area contributed by atoms with Crippen LogP contribution in [0.1, 0.15) is 36.4 Å². The van der Waals surface area contributed by atoms with Crippen molar-refractivity contribution in [3.8, 4) is 0 Å². The van der Waals surface area contributed by atoms with Gasteiger partial charge in [-0.25, -0.2) is 9.78 Å². The van der Waals surface area contributed by atoms with Gasteiger partial charge in [-0.3, -0.25) is 4.68 Å². The van der Waals surface area contributed by atoms with Gasteiger partial charge in [-0.2, -0.15) is 5.10 Å². The summed E-state index contributed by atoms with van der Waals surface area (Å²) in [5.41, 5.74) is 1.70. The molecule has 2 aromatic rings. The smallest absolute Gasteiger partial charge is 0.319 e. The van der Waals surface area contributed by atoms with E-state index in [4.69, 9.17) is 4.74 Å². The highest BCUT2D eigenvalue weighted by Crippen LogP contribution is 2.19. The fraction of sp³-hybridized carbons (Fsp3) is 0.562. The van der Waals surface area contributed by atoms with E-state index in [0.29, 0.717) is 12.2 Å². The molecule has 0 aromatic carbocycles.